The second kappa shape index (κ2) is 4.46. The molecule has 0 saturated heterocycles. The molecule has 94 valence electrons. The first-order chi connectivity index (χ1) is 8.03. The van der Waals surface area contributed by atoms with E-state index in [2.05, 4.69) is 15.9 Å². The molecule has 2 rings (SSSR count). The summed E-state index contributed by atoms with van der Waals surface area (Å²) in [6, 6.07) is 1.38. The normalized spacial score (nSPS) is 17.5. The predicted octanol–water partition coefficient (Wildman–Crippen LogP) is 2.94. The van der Waals surface area contributed by atoms with Gasteiger partial charge in [0.1, 0.15) is 5.82 Å². The molecule has 5 heteroatoms. The van der Waals surface area contributed by atoms with Crippen LogP contribution in [0.3, 0.4) is 0 Å². The molecule has 0 heterocycles. The Kier molecular flexibility index (Phi) is 3.32. The molecule has 0 radical (unpaired) electrons. The topological polar surface area (TPSA) is 44.5 Å². The highest BCUT2D eigenvalue weighted by atomic mass is 79.9. The van der Waals surface area contributed by atoms with Gasteiger partial charge in [-0.2, -0.15) is 0 Å². The van der Waals surface area contributed by atoms with Crippen LogP contribution in [0.5, 0.6) is 11.5 Å². The molecule has 0 unspecified atom stereocenters. The molecule has 3 nitrogen and oxygen atoms in total. The van der Waals surface area contributed by atoms with Gasteiger partial charge in [0.15, 0.2) is 11.5 Å². The third-order valence-electron chi connectivity index (χ3n) is 3.29. The minimum Gasteiger partial charge on any atom is -0.492 e. The minimum absolute atomic E-state index is 0.350. The summed E-state index contributed by atoms with van der Waals surface area (Å²) >= 11 is 3.25. The van der Waals surface area contributed by atoms with E-state index in [1.54, 1.807) is 0 Å². The van der Waals surface area contributed by atoms with Gasteiger partial charge in [0, 0.05) is 5.54 Å². The molecular formula is C12H15BrFNO2. The molecule has 1 aliphatic rings. The second-order valence-corrected chi connectivity index (χ2v) is 5.15. The lowest BCUT2D eigenvalue weighted by Gasteiger charge is -2.39. The summed E-state index contributed by atoms with van der Waals surface area (Å²) in [5.74, 6) is 0.527. The average Bonchev–Trinajstić information content (AvgIpc) is 2.25. The molecule has 0 atom stereocenters. The van der Waals surface area contributed by atoms with Crippen LogP contribution in [0.15, 0.2) is 10.5 Å². The highest BCUT2D eigenvalue weighted by molar-refractivity contribution is 9.10. The van der Waals surface area contributed by atoms with E-state index in [9.17, 15) is 4.39 Å². The summed E-state index contributed by atoms with van der Waals surface area (Å²) < 4.78 is 25.1. The lowest BCUT2D eigenvalue weighted by atomic mass is 9.72. The maximum atomic E-state index is 14.1. The Morgan fingerprint density at radius 3 is 2.29 bits per heavy atom. The largest absolute Gasteiger partial charge is 0.492 e. The van der Waals surface area contributed by atoms with Gasteiger partial charge < -0.3 is 15.2 Å². The molecule has 0 amide bonds. The van der Waals surface area contributed by atoms with Crippen LogP contribution in [-0.4, -0.2) is 14.2 Å². The third kappa shape index (κ3) is 1.91. The fourth-order valence-corrected chi connectivity index (χ4v) is 2.78. The third-order valence-corrected chi connectivity index (χ3v) is 3.88. The smallest absolute Gasteiger partial charge is 0.175 e. The highest BCUT2D eigenvalue weighted by Gasteiger charge is 2.40. The number of hydrogen-bond donors (Lipinski definition) is 1. The van der Waals surface area contributed by atoms with E-state index >= 15 is 0 Å². The number of methoxy groups -OCH3 is 2. The quantitative estimate of drug-likeness (QED) is 0.934. The Balaban J connectivity index is 2.64. The standard InChI is InChI=1S/C12H15BrFNO2/c1-16-10-7(13)6-8(14)9(11(10)17-2)12(15)4-3-5-12/h6H,3-5,15H2,1-2H3. The number of halogens is 2. The minimum atomic E-state index is -0.622. The summed E-state index contributed by atoms with van der Waals surface area (Å²) in [7, 11) is 3.02. The maximum Gasteiger partial charge on any atom is 0.175 e. The Labute approximate surface area is 108 Å². The molecule has 1 aromatic rings. The number of hydrogen-bond acceptors (Lipinski definition) is 3. The van der Waals surface area contributed by atoms with E-state index in [0.29, 0.717) is 21.5 Å². The van der Waals surface area contributed by atoms with Crippen molar-refractivity contribution in [2.45, 2.75) is 24.8 Å². The van der Waals surface area contributed by atoms with E-state index in [4.69, 9.17) is 15.2 Å². The maximum absolute atomic E-state index is 14.1. The van der Waals surface area contributed by atoms with Crippen LogP contribution in [0, 0.1) is 5.82 Å². The van der Waals surface area contributed by atoms with Gasteiger partial charge in [-0.15, -0.1) is 0 Å². The fraction of sp³-hybridized carbons (Fsp3) is 0.500. The van der Waals surface area contributed by atoms with Gasteiger partial charge in [-0.3, -0.25) is 0 Å². The lowest BCUT2D eigenvalue weighted by molar-refractivity contribution is 0.231. The van der Waals surface area contributed by atoms with Crippen molar-refractivity contribution in [1.29, 1.82) is 0 Å². The van der Waals surface area contributed by atoms with E-state index < -0.39 is 5.54 Å². The first-order valence-electron chi connectivity index (χ1n) is 5.43. The molecule has 0 aromatic heterocycles. The van der Waals surface area contributed by atoms with Crippen molar-refractivity contribution < 1.29 is 13.9 Å². The van der Waals surface area contributed by atoms with Gasteiger partial charge in [0.2, 0.25) is 0 Å². The van der Waals surface area contributed by atoms with Crippen molar-refractivity contribution >= 4 is 15.9 Å². The van der Waals surface area contributed by atoms with E-state index in [0.717, 1.165) is 19.3 Å². The van der Waals surface area contributed by atoms with Crippen LogP contribution >= 0.6 is 15.9 Å². The molecule has 0 bridgehead atoms. The van der Waals surface area contributed by atoms with Crippen molar-refractivity contribution in [3.8, 4) is 11.5 Å². The van der Waals surface area contributed by atoms with Crippen LogP contribution in [0.2, 0.25) is 0 Å². The van der Waals surface area contributed by atoms with Gasteiger partial charge in [-0.1, -0.05) is 0 Å². The number of rotatable bonds is 3. The molecule has 1 aromatic carbocycles. The van der Waals surface area contributed by atoms with Crippen LogP contribution in [-0.2, 0) is 5.54 Å². The lowest BCUT2D eigenvalue weighted by Crippen LogP contribution is -2.44. The summed E-state index contributed by atoms with van der Waals surface area (Å²) in [4.78, 5) is 0. The van der Waals surface area contributed by atoms with Gasteiger partial charge in [0.05, 0.1) is 24.3 Å². The van der Waals surface area contributed by atoms with Crippen molar-refractivity contribution in [3.63, 3.8) is 0 Å². The molecule has 1 aliphatic carbocycles. The van der Waals surface area contributed by atoms with Crippen LogP contribution in [0.4, 0.5) is 4.39 Å². The summed E-state index contributed by atoms with van der Waals surface area (Å²) in [5, 5.41) is 0. The molecule has 1 fully saturated rings. The van der Waals surface area contributed by atoms with Gasteiger partial charge in [-0.05, 0) is 41.3 Å². The second-order valence-electron chi connectivity index (χ2n) is 4.29. The first kappa shape index (κ1) is 12.6. The summed E-state index contributed by atoms with van der Waals surface area (Å²) in [6.07, 6.45) is 2.55. The van der Waals surface area contributed by atoms with Crippen molar-refractivity contribution in [1.82, 2.24) is 0 Å². The molecular weight excluding hydrogens is 289 g/mol. The predicted molar refractivity (Wildman–Crippen MR) is 66.9 cm³/mol. The molecule has 17 heavy (non-hydrogen) atoms. The molecule has 2 N–H and O–H groups in total. The Morgan fingerprint density at radius 1 is 1.29 bits per heavy atom. The Bertz CT molecular complexity index is 447. The van der Waals surface area contributed by atoms with Crippen LogP contribution in [0.25, 0.3) is 0 Å². The van der Waals surface area contributed by atoms with Crippen LogP contribution in [0.1, 0.15) is 24.8 Å². The van der Waals surface area contributed by atoms with E-state index in [1.807, 2.05) is 0 Å². The van der Waals surface area contributed by atoms with Crippen LogP contribution < -0.4 is 15.2 Å². The van der Waals surface area contributed by atoms with Crippen molar-refractivity contribution in [2.24, 2.45) is 5.73 Å². The molecule has 0 spiro atoms. The number of benzene rings is 1. The monoisotopic (exact) mass is 303 g/mol. The summed E-state index contributed by atoms with van der Waals surface area (Å²) in [6.45, 7) is 0. The summed E-state index contributed by atoms with van der Waals surface area (Å²) in [5.41, 5.74) is 5.99. The fourth-order valence-electron chi connectivity index (χ4n) is 2.24. The van der Waals surface area contributed by atoms with E-state index in [-0.39, 0.29) is 5.82 Å². The highest BCUT2D eigenvalue weighted by Crippen LogP contribution is 2.49. The SMILES string of the molecule is COc1c(Br)cc(F)c(C2(N)CCC2)c1OC. The zero-order chi connectivity index (χ0) is 12.6. The molecule has 0 aliphatic heterocycles. The molecule has 1 saturated carbocycles. The number of nitrogens with two attached hydrogens (primary N) is 1. The average molecular weight is 304 g/mol. The van der Waals surface area contributed by atoms with E-state index in [1.165, 1.54) is 20.3 Å². The van der Waals surface area contributed by atoms with Gasteiger partial charge >= 0.3 is 0 Å². The Hall–Kier alpha value is -0.810. The zero-order valence-electron chi connectivity index (χ0n) is 9.85. The van der Waals surface area contributed by atoms with Crippen molar-refractivity contribution in [3.05, 3.63) is 21.9 Å². The number of ether oxygens (including phenoxy) is 2. The van der Waals surface area contributed by atoms with Gasteiger partial charge in [-0.25, -0.2) is 4.39 Å². The Morgan fingerprint density at radius 2 is 1.88 bits per heavy atom. The first-order valence-corrected chi connectivity index (χ1v) is 6.22. The van der Waals surface area contributed by atoms with Gasteiger partial charge in [0.25, 0.3) is 0 Å². The zero-order valence-corrected chi connectivity index (χ0v) is 11.4. The van der Waals surface area contributed by atoms with Crippen molar-refractivity contribution in [2.75, 3.05) is 14.2 Å².